The smallest absolute Gasteiger partial charge is 0.00173 e. The van der Waals surface area contributed by atoms with Crippen molar-refractivity contribution in [1.82, 2.24) is 0 Å². The molecule has 1 aromatic rings. The third-order valence-electron chi connectivity index (χ3n) is 5.04. The summed E-state index contributed by atoms with van der Waals surface area (Å²) in [7, 11) is 0. The Morgan fingerprint density at radius 3 is 2.16 bits per heavy atom. The van der Waals surface area contributed by atoms with Gasteiger partial charge in [0.1, 0.15) is 0 Å². The van der Waals surface area contributed by atoms with Gasteiger partial charge in [-0.15, -0.1) is 0 Å². The van der Waals surface area contributed by atoms with Crippen molar-refractivity contribution >= 4 is 0 Å². The van der Waals surface area contributed by atoms with Gasteiger partial charge in [0.15, 0.2) is 0 Å². The molecule has 19 heavy (non-hydrogen) atoms. The molecule has 0 spiro atoms. The number of hydrogen-bond donors (Lipinski definition) is 1. The van der Waals surface area contributed by atoms with Crippen molar-refractivity contribution in [3.63, 3.8) is 0 Å². The molecule has 0 bridgehead atoms. The lowest BCUT2D eigenvalue weighted by Crippen LogP contribution is -2.36. The summed E-state index contributed by atoms with van der Waals surface area (Å²) in [6.07, 6.45) is 7.88. The van der Waals surface area contributed by atoms with Gasteiger partial charge in [-0.25, -0.2) is 0 Å². The van der Waals surface area contributed by atoms with Crippen LogP contribution in [0.1, 0.15) is 55.7 Å². The van der Waals surface area contributed by atoms with Crippen molar-refractivity contribution in [2.75, 3.05) is 6.54 Å². The maximum absolute atomic E-state index is 6.15. The van der Waals surface area contributed by atoms with Gasteiger partial charge in [0.25, 0.3) is 0 Å². The van der Waals surface area contributed by atoms with Crippen LogP contribution < -0.4 is 5.73 Å². The molecule has 1 aliphatic carbocycles. The van der Waals surface area contributed by atoms with Gasteiger partial charge < -0.3 is 5.73 Å². The van der Waals surface area contributed by atoms with Crippen molar-refractivity contribution < 1.29 is 0 Å². The number of rotatable bonds is 4. The molecule has 1 fully saturated rings. The Labute approximate surface area is 118 Å². The molecule has 0 radical (unpaired) electrons. The second kappa shape index (κ2) is 6.09. The van der Waals surface area contributed by atoms with Crippen LogP contribution in [0.4, 0.5) is 0 Å². The lowest BCUT2D eigenvalue weighted by Gasteiger charge is -2.39. The Hall–Kier alpha value is -0.820. The highest BCUT2D eigenvalue weighted by Gasteiger charge is 2.33. The predicted molar refractivity (Wildman–Crippen MR) is 83.4 cm³/mol. The summed E-state index contributed by atoms with van der Waals surface area (Å²) in [5, 5.41) is 0. The van der Waals surface area contributed by atoms with Crippen LogP contribution in [0, 0.1) is 25.2 Å². The number of benzene rings is 1. The summed E-state index contributed by atoms with van der Waals surface area (Å²) in [6, 6.07) is 6.94. The first-order valence-corrected chi connectivity index (χ1v) is 7.84. The average molecular weight is 259 g/mol. The largest absolute Gasteiger partial charge is 0.330 e. The van der Waals surface area contributed by atoms with Crippen LogP contribution in [0.3, 0.4) is 0 Å². The molecule has 0 aromatic heterocycles. The van der Waals surface area contributed by atoms with E-state index in [9.17, 15) is 0 Å². The van der Waals surface area contributed by atoms with Crippen LogP contribution in [0.5, 0.6) is 0 Å². The third-order valence-corrected chi connectivity index (χ3v) is 5.04. The molecule has 2 N–H and O–H groups in total. The Morgan fingerprint density at radius 2 is 1.68 bits per heavy atom. The van der Waals surface area contributed by atoms with Crippen LogP contribution in [-0.2, 0) is 6.42 Å². The van der Waals surface area contributed by atoms with Gasteiger partial charge in [0.2, 0.25) is 0 Å². The summed E-state index contributed by atoms with van der Waals surface area (Å²) in [5.41, 5.74) is 10.8. The van der Waals surface area contributed by atoms with E-state index in [1.807, 2.05) is 0 Å². The molecule has 2 rings (SSSR count). The first-order valence-electron chi connectivity index (χ1n) is 7.84. The van der Waals surface area contributed by atoms with E-state index in [2.05, 4.69) is 39.0 Å². The van der Waals surface area contributed by atoms with Gasteiger partial charge in [0.05, 0.1) is 0 Å². The van der Waals surface area contributed by atoms with Gasteiger partial charge >= 0.3 is 0 Å². The van der Waals surface area contributed by atoms with Crippen LogP contribution >= 0.6 is 0 Å². The second-order valence-electron chi connectivity index (χ2n) is 6.73. The van der Waals surface area contributed by atoms with E-state index in [1.165, 1.54) is 55.2 Å². The minimum Gasteiger partial charge on any atom is -0.330 e. The van der Waals surface area contributed by atoms with Crippen molar-refractivity contribution in [3.05, 3.63) is 34.9 Å². The van der Waals surface area contributed by atoms with Gasteiger partial charge in [-0.1, -0.05) is 42.7 Å². The zero-order chi connectivity index (χ0) is 13.9. The molecular formula is C18H29N. The van der Waals surface area contributed by atoms with Crippen molar-refractivity contribution in [2.45, 2.75) is 59.3 Å². The van der Waals surface area contributed by atoms with Gasteiger partial charge in [-0.2, -0.15) is 0 Å². The topological polar surface area (TPSA) is 26.0 Å². The van der Waals surface area contributed by atoms with E-state index < -0.39 is 0 Å². The maximum Gasteiger partial charge on any atom is -0.00173 e. The standard InChI is InChI=1S/C18H29N/c1-4-16-5-7-18(13-19,8-6-16)12-17-10-14(2)9-15(3)11-17/h9-11,16H,4-8,12-13,19H2,1-3H3. The highest BCUT2D eigenvalue weighted by atomic mass is 14.6. The van der Waals surface area contributed by atoms with E-state index in [0.717, 1.165) is 12.5 Å². The zero-order valence-electron chi connectivity index (χ0n) is 12.8. The SMILES string of the molecule is CCC1CCC(CN)(Cc2cc(C)cc(C)c2)CC1. The molecule has 1 nitrogen and oxygen atoms in total. The van der Waals surface area contributed by atoms with Crippen LogP contribution in [-0.4, -0.2) is 6.54 Å². The van der Waals surface area contributed by atoms with Crippen molar-refractivity contribution in [3.8, 4) is 0 Å². The number of nitrogens with two attached hydrogens (primary N) is 1. The molecule has 1 heteroatoms. The second-order valence-corrected chi connectivity index (χ2v) is 6.73. The normalized spacial score (nSPS) is 27.5. The molecule has 1 aromatic carbocycles. The number of hydrogen-bond acceptors (Lipinski definition) is 1. The molecule has 0 unspecified atom stereocenters. The van der Waals surface area contributed by atoms with Crippen LogP contribution in [0.2, 0.25) is 0 Å². The molecular weight excluding hydrogens is 230 g/mol. The third kappa shape index (κ3) is 3.60. The fraction of sp³-hybridized carbons (Fsp3) is 0.667. The van der Waals surface area contributed by atoms with E-state index in [0.29, 0.717) is 5.41 Å². The molecule has 106 valence electrons. The summed E-state index contributed by atoms with van der Waals surface area (Å²) < 4.78 is 0. The van der Waals surface area contributed by atoms with E-state index in [-0.39, 0.29) is 0 Å². The summed E-state index contributed by atoms with van der Waals surface area (Å²) in [4.78, 5) is 0. The Kier molecular flexibility index (Phi) is 4.67. The van der Waals surface area contributed by atoms with Crippen LogP contribution in [0.25, 0.3) is 0 Å². The van der Waals surface area contributed by atoms with E-state index >= 15 is 0 Å². The minimum atomic E-state index is 0.367. The monoisotopic (exact) mass is 259 g/mol. The maximum atomic E-state index is 6.15. The molecule has 0 amide bonds. The number of aryl methyl sites for hydroxylation is 2. The predicted octanol–water partition coefficient (Wildman–Crippen LogP) is 4.39. The quantitative estimate of drug-likeness (QED) is 0.852. The Bertz CT molecular complexity index is 393. The lowest BCUT2D eigenvalue weighted by atomic mass is 9.67. The van der Waals surface area contributed by atoms with E-state index in [4.69, 9.17) is 5.73 Å². The van der Waals surface area contributed by atoms with Crippen molar-refractivity contribution in [2.24, 2.45) is 17.1 Å². The average Bonchev–Trinajstić information content (AvgIpc) is 2.38. The summed E-state index contributed by atoms with van der Waals surface area (Å²) in [6.45, 7) is 7.56. The van der Waals surface area contributed by atoms with Gasteiger partial charge in [-0.05, 0) is 69.4 Å². The Morgan fingerprint density at radius 1 is 1.11 bits per heavy atom. The van der Waals surface area contributed by atoms with E-state index in [1.54, 1.807) is 0 Å². The van der Waals surface area contributed by atoms with Crippen LogP contribution in [0.15, 0.2) is 18.2 Å². The molecule has 1 aliphatic rings. The van der Waals surface area contributed by atoms with Crippen molar-refractivity contribution in [1.29, 1.82) is 0 Å². The fourth-order valence-corrected chi connectivity index (χ4v) is 3.76. The minimum absolute atomic E-state index is 0.367. The van der Waals surface area contributed by atoms with Gasteiger partial charge in [0, 0.05) is 0 Å². The highest BCUT2D eigenvalue weighted by molar-refractivity contribution is 5.29. The fourth-order valence-electron chi connectivity index (χ4n) is 3.76. The first-order chi connectivity index (χ1) is 9.07. The molecule has 0 saturated heterocycles. The Balaban J connectivity index is 2.10. The van der Waals surface area contributed by atoms with Gasteiger partial charge in [-0.3, -0.25) is 0 Å². The molecule has 1 saturated carbocycles. The highest BCUT2D eigenvalue weighted by Crippen LogP contribution is 2.41. The summed E-state index contributed by atoms with van der Waals surface area (Å²) >= 11 is 0. The lowest BCUT2D eigenvalue weighted by molar-refractivity contribution is 0.153. The first kappa shape index (κ1) is 14.6. The molecule has 0 aliphatic heterocycles. The molecule has 0 atom stereocenters. The summed E-state index contributed by atoms with van der Waals surface area (Å²) in [5.74, 6) is 0.943. The zero-order valence-corrected chi connectivity index (χ0v) is 12.8. The molecule has 0 heterocycles.